The molecule has 0 bridgehead atoms. The lowest BCUT2D eigenvalue weighted by Gasteiger charge is -2.27. The Morgan fingerprint density at radius 2 is 1.94 bits per heavy atom. The molecule has 0 unspecified atom stereocenters. The van der Waals surface area contributed by atoms with Gasteiger partial charge in [-0.15, -0.1) is 0 Å². The fourth-order valence-electron chi connectivity index (χ4n) is 4.62. The predicted octanol–water partition coefficient (Wildman–Crippen LogP) is 3.12. The monoisotopic (exact) mass is 501 g/mol. The molecule has 3 aromatic heterocycles. The van der Waals surface area contributed by atoms with E-state index in [0.717, 1.165) is 41.2 Å². The van der Waals surface area contributed by atoms with Crippen molar-refractivity contribution in [1.82, 2.24) is 24.7 Å². The highest BCUT2D eigenvalue weighted by molar-refractivity contribution is 7.90. The predicted molar refractivity (Wildman–Crippen MR) is 138 cm³/mol. The molecule has 0 spiro atoms. The lowest BCUT2D eigenvalue weighted by molar-refractivity contribution is 0.338. The van der Waals surface area contributed by atoms with Gasteiger partial charge in [0.15, 0.2) is 21.2 Å². The van der Waals surface area contributed by atoms with Gasteiger partial charge in [0.2, 0.25) is 5.95 Å². The molecule has 0 aromatic carbocycles. The molecule has 0 amide bonds. The summed E-state index contributed by atoms with van der Waals surface area (Å²) in [5, 5.41) is 8.91. The van der Waals surface area contributed by atoms with Gasteiger partial charge < -0.3 is 15.0 Å². The van der Waals surface area contributed by atoms with E-state index in [2.05, 4.69) is 38.3 Å². The molecule has 1 aliphatic rings. The van der Waals surface area contributed by atoms with E-state index in [1.54, 1.807) is 12.4 Å². The summed E-state index contributed by atoms with van der Waals surface area (Å²) in [6.45, 7) is 6.66. The van der Waals surface area contributed by atoms with Crippen molar-refractivity contribution >= 4 is 32.6 Å². The summed E-state index contributed by atoms with van der Waals surface area (Å²) in [5.41, 5.74) is 2.91. The number of ether oxygens (including phenoxy) is 1. The fraction of sp³-hybridized carbons (Fsp3) is 0.583. The molecule has 0 atom stereocenters. The smallest absolute Gasteiger partial charge is 0.223 e. The molecular weight excluding hydrogens is 466 g/mol. The third kappa shape index (κ3) is 6.39. The minimum absolute atomic E-state index is 0.0478. The Labute approximate surface area is 207 Å². The summed E-state index contributed by atoms with van der Waals surface area (Å²) < 4.78 is 29.8. The van der Waals surface area contributed by atoms with Crippen molar-refractivity contribution in [3.63, 3.8) is 0 Å². The molecule has 1 aliphatic carbocycles. The number of hydrogen-bond acceptors (Lipinski definition) is 9. The van der Waals surface area contributed by atoms with E-state index in [1.165, 1.54) is 31.9 Å². The number of nitrogens with one attached hydrogen (secondary N) is 1. The molecule has 1 saturated carbocycles. The first kappa shape index (κ1) is 25.2. The highest BCUT2D eigenvalue weighted by atomic mass is 32.2. The van der Waals surface area contributed by atoms with E-state index < -0.39 is 9.84 Å². The molecule has 10 nitrogen and oxygen atoms in total. The summed E-state index contributed by atoms with van der Waals surface area (Å²) in [6, 6.07) is 2.17. The Balaban J connectivity index is 1.52. The van der Waals surface area contributed by atoms with Crippen molar-refractivity contribution in [2.75, 3.05) is 41.9 Å². The van der Waals surface area contributed by atoms with Crippen molar-refractivity contribution in [3.8, 4) is 5.75 Å². The number of rotatable bonds is 11. The Morgan fingerprint density at radius 1 is 1.23 bits per heavy atom. The topological polar surface area (TPSA) is 115 Å². The molecule has 190 valence electrons. The molecule has 11 heteroatoms. The first-order valence-corrected chi connectivity index (χ1v) is 14.2. The zero-order chi connectivity index (χ0) is 25.0. The molecule has 0 radical (unpaired) electrons. The summed E-state index contributed by atoms with van der Waals surface area (Å²) >= 11 is 0. The van der Waals surface area contributed by atoms with Gasteiger partial charge in [0.05, 0.1) is 23.8 Å². The van der Waals surface area contributed by atoms with Crippen LogP contribution in [-0.2, 0) is 23.4 Å². The number of sulfone groups is 1. The van der Waals surface area contributed by atoms with Crippen molar-refractivity contribution < 1.29 is 13.2 Å². The zero-order valence-corrected chi connectivity index (χ0v) is 21.8. The van der Waals surface area contributed by atoms with Gasteiger partial charge >= 0.3 is 0 Å². The van der Waals surface area contributed by atoms with E-state index >= 15 is 0 Å². The zero-order valence-electron chi connectivity index (χ0n) is 21.0. The van der Waals surface area contributed by atoms with E-state index in [4.69, 9.17) is 9.72 Å². The quantitative estimate of drug-likeness (QED) is 0.423. The SMILES string of the molecule is CCN(CC1CCCC1)c1nc2c(cc1CNc1ncc(OCCS(C)(=O)=O)cn1)c(C)nn2C. The van der Waals surface area contributed by atoms with Crippen LogP contribution in [0.2, 0.25) is 0 Å². The van der Waals surface area contributed by atoms with Crippen molar-refractivity contribution in [3.05, 3.63) is 29.7 Å². The van der Waals surface area contributed by atoms with Crippen LogP contribution in [0.15, 0.2) is 18.5 Å². The van der Waals surface area contributed by atoms with Gasteiger partial charge in [0.1, 0.15) is 12.4 Å². The van der Waals surface area contributed by atoms with E-state index in [1.807, 2.05) is 18.7 Å². The van der Waals surface area contributed by atoms with Gasteiger partial charge in [-0.2, -0.15) is 5.10 Å². The van der Waals surface area contributed by atoms with Crippen LogP contribution in [0.4, 0.5) is 11.8 Å². The number of pyridine rings is 1. The van der Waals surface area contributed by atoms with Crippen molar-refractivity contribution in [2.24, 2.45) is 13.0 Å². The third-order valence-electron chi connectivity index (χ3n) is 6.48. The second-order valence-corrected chi connectivity index (χ2v) is 11.6. The fourth-order valence-corrected chi connectivity index (χ4v) is 5.00. The van der Waals surface area contributed by atoms with Crippen LogP contribution in [0.25, 0.3) is 11.0 Å². The van der Waals surface area contributed by atoms with Crippen LogP contribution in [-0.4, -0.2) is 64.9 Å². The molecule has 3 heterocycles. The van der Waals surface area contributed by atoms with Crippen LogP contribution >= 0.6 is 0 Å². The molecule has 35 heavy (non-hydrogen) atoms. The maximum Gasteiger partial charge on any atom is 0.223 e. The van der Waals surface area contributed by atoms with Crippen LogP contribution < -0.4 is 15.0 Å². The third-order valence-corrected chi connectivity index (χ3v) is 7.39. The summed E-state index contributed by atoms with van der Waals surface area (Å²) in [5.74, 6) is 2.53. The summed E-state index contributed by atoms with van der Waals surface area (Å²) in [6.07, 6.45) is 9.46. The van der Waals surface area contributed by atoms with Crippen LogP contribution in [0.3, 0.4) is 0 Å². The minimum Gasteiger partial charge on any atom is -0.489 e. The number of hydrogen-bond donors (Lipinski definition) is 1. The van der Waals surface area contributed by atoms with Gasteiger partial charge in [-0.1, -0.05) is 12.8 Å². The van der Waals surface area contributed by atoms with Crippen LogP contribution in [0.5, 0.6) is 5.75 Å². The van der Waals surface area contributed by atoms with Crippen molar-refractivity contribution in [1.29, 1.82) is 0 Å². The van der Waals surface area contributed by atoms with Crippen LogP contribution in [0, 0.1) is 12.8 Å². The van der Waals surface area contributed by atoms with Gasteiger partial charge in [-0.3, -0.25) is 4.68 Å². The average molecular weight is 502 g/mol. The molecule has 3 aromatic rings. The van der Waals surface area contributed by atoms with Gasteiger partial charge in [0.25, 0.3) is 0 Å². The Hall–Kier alpha value is -2.95. The Bertz CT molecular complexity index is 1250. The molecular formula is C24H35N7O3S. The van der Waals surface area contributed by atoms with E-state index in [9.17, 15) is 8.42 Å². The van der Waals surface area contributed by atoms with Crippen LogP contribution in [0.1, 0.15) is 43.9 Å². The van der Waals surface area contributed by atoms with Gasteiger partial charge in [-0.25, -0.2) is 23.4 Å². The standard InChI is InChI=1S/C24H35N7O3S/c1-5-31(16-18-8-6-7-9-18)22-19(12-21-17(2)29-30(3)23(21)28-22)13-25-24-26-14-20(15-27-24)34-10-11-35(4,32)33/h12,14-15,18H,5-11,13,16H2,1-4H3,(H,25,26,27). The normalized spacial score (nSPS) is 14.5. The Morgan fingerprint density at radius 3 is 2.60 bits per heavy atom. The highest BCUT2D eigenvalue weighted by Crippen LogP contribution is 2.30. The van der Waals surface area contributed by atoms with E-state index in [-0.39, 0.29) is 12.4 Å². The molecule has 0 saturated heterocycles. The summed E-state index contributed by atoms with van der Waals surface area (Å²) in [7, 11) is -1.14. The average Bonchev–Trinajstić information content (AvgIpc) is 3.43. The molecule has 0 aliphatic heterocycles. The minimum atomic E-state index is -3.07. The molecule has 1 fully saturated rings. The number of aryl methyl sites for hydroxylation is 2. The lowest BCUT2D eigenvalue weighted by atomic mass is 10.1. The van der Waals surface area contributed by atoms with Crippen molar-refractivity contribution in [2.45, 2.75) is 46.1 Å². The highest BCUT2D eigenvalue weighted by Gasteiger charge is 2.22. The largest absolute Gasteiger partial charge is 0.489 e. The number of anilines is 2. The Kier molecular flexibility index (Phi) is 7.73. The molecule has 1 N–H and O–H groups in total. The number of fused-ring (bicyclic) bond motifs is 1. The first-order valence-electron chi connectivity index (χ1n) is 12.2. The summed E-state index contributed by atoms with van der Waals surface area (Å²) in [4.78, 5) is 16.1. The number of nitrogens with zero attached hydrogens (tertiary/aromatic N) is 6. The molecule has 4 rings (SSSR count). The lowest BCUT2D eigenvalue weighted by Crippen LogP contribution is -2.30. The second kappa shape index (κ2) is 10.8. The second-order valence-electron chi connectivity index (χ2n) is 9.31. The van der Waals surface area contributed by atoms with E-state index in [0.29, 0.717) is 24.2 Å². The number of aromatic nitrogens is 5. The van der Waals surface area contributed by atoms with Gasteiger partial charge in [-0.05, 0) is 38.7 Å². The van der Waals surface area contributed by atoms with Gasteiger partial charge in [0, 0.05) is 43.9 Å². The maximum atomic E-state index is 11.3. The first-order chi connectivity index (χ1) is 16.7. The maximum absolute atomic E-state index is 11.3.